The van der Waals surface area contributed by atoms with Crippen molar-refractivity contribution in [2.45, 2.75) is 70.5 Å². The third kappa shape index (κ3) is 7.05. The molecule has 176 valence electrons. The summed E-state index contributed by atoms with van der Waals surface area (Å²) < 4.78 is 11.2. The monoisotopic (exact) mass is 478 g/mol. The number of ether oxygens (including phenoxy) is 2. The first-order chi connectivity index (χ1) is 15.5. The zero-order chi connectivity index (χ0) is 22.9. The topological polar surface area (TPSA) is 55.8 Å². The summed E-state index contributed by atoms with van der Waals surface area (Å²) in [6.45, 7) is 5.68. The van der Waals surface area contributed by atoms with Crippen molar-refractivity contribution in [2.24, 2.45) is 11.8 Å². The molecule has 0 saturated heterocycles. The lowest BCUT2D eigenvalue weighted by Crippen LogP contribution is -2.26. The van der Waals surface area contributed by atoms with E-state index < -0.39 is 6.10 Å². The molecule has 4 nitrogen and oxygen atoms in total. The third-order valence-corrected chi connectivity index (χ3v) is 7.84. The van der Waals surface area contributed by atoms with E-state index in [0.717, 1.165) is 32.1 Å². The summed E-state index contributed by atoms with van der Waals surface area (Å²) in [5, 5.41) is 10.5. The zero-order valence-corrected chi connectivity index (χ0v) is 20.7. The fraction of sp³-hybridized carbons (Fsp3) is 0.577. The van der Waals surface area contributed by atoms with Gasteiger partial charge in [-0.15, -0.1) is 22.9 Å². The first kappa shape index (κ1) is 25.2. The molecule has 1 heterocycles. The molecule has 1 aliphatic rings. The van der Waals surface area contributed by atoms with Crippen LogP contribution < -0.4 is 0 Å². The van der Waals surface area contributed by atoms with E-state index in [1.54, 1.807) is 0 Å². The SMILES string of the molecule is CCCOC(=O)c1ccc(CCC[C@@H]2[C@@H](COCc3cccc(CC)c3)[C@H](O)C[C@H]2Cl)s1. The van der Waals surface area contributed by atoms with Crippen LogP contribution in [0, 0.1) is 11.8 Å². The Morgan fingerprint density at radius 3 is 2.78 bits per heavy atom. The number of hydrogen-bond donors (Lipinski definition) is 1. The highest BCUT2D eigenvalue weighted by atomic mass is 35.5. The molecule has 1 aromatic carbocycles. The number of rotatable bonds is 12. The minimum Gasteiger partial charge on any atom is -0.462 e. The first-order valence-corrected chi connectivity index (χ1v) is 13.0. The van der Waals surface area contributed by atoms with Gasteiger partial charge in [0.25, 0.3) is 0 Å². The number of benzene rings is 1. The van der Waals surface area contributed by atoms with Crippen molar-refractivity contribution in [3.05, 3.63) is 57.3 Å². The Bertz CT molecular complexity index is 852. The highest BCUT2D eigenvalue weighted by molar-refractivity contribution is 7.13. The van der Waals surface area contributed by atoms with Gasteiger partial charge in [0.15, 0.2) is 0 Å². The average Bonchev–Trinajstić information content (AvgIpc) is 3.37. The van der Waals surface area contributed by atoms with Crippen LogP contribution in [-0.2, 0) is 28.9 Å². The highest BCUT2D eigenvalue weighted by Gasteiger charge is 2.41. The van der Waals surface area contributed by atoms with Crippen LogP contribution in [0.3, 0.4) is 0 Å². The highest BCUT2D eigenvalue weighted by Crippen LogP contribution is 2.39. The number of carbonyl (C=O) groups is 1. The van der Waals surface area contributed by atoms with E-state index in [2.05, 4.69) is 31.2 Å². The van der Waals surface area contributed by atoms with Gasteiger partial charge in [-0.25, -0.2) is 4.79 Å². The first-order valence-electron chi connectivity index (χ1n) is 11.7. The van der Waals surface area contributed by atoms with E-state index in [4.69, 9.17) is 21.1 Å². The molecule has 32 heavy (non-hydrogen) atoms. The maximum atomic E-state index is 12.0. The molecule has 0 amide bonds. The lowest BCUT2D eigenvalue weighted by molar-refractivity contribution is 0.0200. The summed E-state index contributed by atoms with van der Waals surface area (Å²) in [4.78, 5) is 13.8. The van der Waals surface area contributed by atoms with Crippen molar-refractivity contribution in [3.8, 4) is 0 Å². The number of aliphatic hydroxyl groups is 1. The molecule has 2 aromatic rings. The summed E-state index contributed by atoms with van der Waals surface area (Å²) in [7, 11) is 0. The van der Waals surface area contributed by atoms with Gasteiger partial charge in [-0.1, -0.05) is 38.1 Å². The Hall–Kier alpha value is -1.40. The molecular formula is C26H35ClO4S. The van der Waals surface area contributed by atoms with Crippen LogP contribution in [-0.4, -0.2) is 35.8 Å². The van der Waals surface area contributed by atoms with Crippen molar-refractivity contribution >= 4 is 28.9 Å². The molecule has 1 fully saturated rings. The van der Waals surface area contributed by atoms with Crippen LogP contribution in [0.5, 0.6) is 0 Å². The summed E-state index contributed by atoms with van der Waals surface area (Å²) >= 11 is 8.11. The average molecular weight is 479 g/mol. The molecule has 0 bridgehead atoms. The van der Waals surface area contributed by atoms with Crippen molar-refractivity contribution in [3.63, 3.8) is 0 Å². The number of alkyl halides is 1. The standard InChI is InChI=1S/C26H35ClO4S/c1-3-13-31-26(29)25-12-11-20(32-25)9-6-10-21-22(24(28)15-23(21)27)17-30-16-19-8-5-7-18(4-2)14-19/h5,7-8,11-12,14,21-24,28H,3-4,6,9-10,13,15-17H2,1-2H3/t21-,22-,23-,24-/m1/s1. The van der Waals surface area contributed by atoms with Crippen molar-refractivity contribution in [1.29, 1.82) is 0 Å². The number of esters is 1. The van der Waals surface area contributed by atoms with Gasteiger partial charge in [-0.3, -0.25) is 0 Å². The Morgan fingerprint density at radius 2 is 2.00 bits per heavy atom. The Balaban J connectivity index is 1.47. The lowest BCUT2D eigenvalue weighted by Gasteiger charge is -2.23. The number of aliphatic hydroxyl groups excluding tert-OH is 1. The van der Waals surface area contributed by atoms with E-state index >= 15 is 0 Å². The van der Waals surface area contributed by atoms with Gasteiger partial charge in [0.1, 0.15) is 4.88 Å². The molecule has 0 spiro atoms. The summed E-state index contributed by atoms with van der Waals surface area (Å²) in [6.07, 6.45) is 4.87. The van der Waals surface area contributed by atoms with Gasteiger partial charge in [0.2, 0.25) is 0 Å². The van der Waals surface area contributed by atoms with E-state index in [1.807, 2.05) is 19.1 Å². The smallest absolute Gasteiger partial charge is 0.348 e. The molecule has 6 heteroatoms. The number of aryl methyl sites for hydroxylation is 2. The lowest BCUT2D eigenvalue weighted by atomic mass is 9.90. The molecule has 1 saturated carbocycles. The molecule has 1 N–H and O–H groups in total. The van der Waals surface area contributed by atoms with Gasteiger partial charge in [0, 0.05) is 16.2 Å². The molecule has 0 radical (unpaired) electrons. The number of thiophene rings is 1. The van der Waals surface area contributed by atoms with Crippen LogP contribution >= 0.6 is 22.9 Å². The predicted molar refractivity (Wildman–Crippen MR) is 131 cm³/mol. The Morgan fingerprint density at radius 1 is 1.19 bits per heavy atom. The van der Waals surface area contributed by atoms with Gasteiger partial charge < -0.3 is 14.6 Å². The second-order valence-corrected chi connectivity index (χ2v) is 10.4. The summed E-state index contributed by atoms with van der Waals surface area (Å²) in [6, 6.07) is 12.3. The number of carbonyl (C=O) groups excluding carboxylic acids is 1. The van der Waals surface area contributed by atoms with Gasteiger partial charge in [-0.2, -0.15) is 0 Å². The second kappa shape index (κ2) is 12.7. The van der Waals surface area contributed by atoms with Gasteiger partial charge in [0.05, 0.1) is 25.9 Å². The molecule has 1 aromatic heterocycles. The molecule has 3 rings (SSSR count). The van der Waals surface area contributed by atoms with E-state index in [0.29, 0.717) is 31.1 Å². The largest absolute Gasteiger partial charge is 0.462 e. The van der Waals surface area contributed by atoms with Crippen LogP contribution in [0.25, 0.3) is 0 Å². The van der Waals surface area contributed by atoms with Crippen LogP contribution in [0.1, 0.15) is 65.2 Å². The van der Waals surface area contributed by atoms with Gasteiger partial charge in [-0.05, 0) is 67.7 Å². The quantitative estimate of drug-likeness (QED) is 0.299. The van der Waals surface area contributed by atoms with Crippen LogP contribution in [0.15, 0.2) is 36.4 Å². The fourth-order valence-corrected chi connectivity index (χ4v) is 5.85. The van der Waals surface area contributed by atoms with E-state index in [9.17, 15) is 9.90 Å². The second-order valence-electron chi connectivity index (χ2n) is 8.63. The minimum absolute atomic E-state index is 0.0232. The van der Waals surface area contributed by atoms with Crippen LogP contribution in [0.4, 0.5) is 0 Å². The maximum Gasteiger partial charge on any atom is 0.348 e. The van der Waals surface area contributed by atoms with E-state index in [1.165, 1.54) is 27.3 Å². The molecule has 0 aliphatic heterocycles. The minimum atomic E-state index is -0.411. The molecule has 1 aliphatic carbocycles. The molecule has 0 unspecified atom stereocenters. The van der Waals surface area contributed by atoms with Gasteiger partial charge >= 0.3 is 5.97 Å². The van der Waals surface area contributed by atoms with Crippen molar-refractivity contribution in [1.82, 2.24) is 0 Å². The van der Waals surface area contributed by atoms with Crippen molar-refractivity contribution < 1.29 is 19.4 Å². The third-order valence-electron chi connectivity index (χ3n) is 6.21. The van der Waals surface area contributed by atoms with E-state index in [-0.39, 0.29) is 23.2 Å². The normalized spacial score (nSPS) is 22.9. The number of hydrogen-bond acceptors (Lipinski definition) is 5. The summed E-state index contributed by atoms with van der Waals surface area (Å²) in [5.74, 6) is 0.0712. The molecule has 4 atom stereocenters. The Kier molecular flexibility index (Phi) is 10.0. The summed E-state index contributed by atoms with van der Waals surface area (Å²) in [5.41, 5.74) is 2.47. The molecular weight excluding hydrogens is 444 g/mol. The van der Waals surface area contributed by atoms with Crippen LogP contribution in [0.2, 0.25) is 0 Å². The zero-order valence-electron chi connectivity index (χ0n) is 19.1. The Labute approximate surface area is 200 Å². The van der Waals surface area contributed by atoms with Crippen molar-refractivity contribution in [2.75, 3.05) is 13.2 Å². The number of halogens is 1. The fourth-order valence-electron chi connectivity index (χ4n) is 4.42. The predicted octanol–water partition coefficient (Wildman–Crippen LogP) is 6.02. The maximum absolute atomic E-state index is 12.0.